The van der Waals surface area contributed by atoms with Gasteiger partial charge in [-0.25, -0.2) is 4.79 Å². The van der Waals surface area contributed by atoms with Gasteiger partial charge in [-0.05, 0) is 55.5 Å². The summed E-state index contributed by atoms with van der Waals surface area (Å²) in [5.41, 5.74) is 1.53. The number of anilines is 1. The van der Waals surface area contributed by atoms with Gasteiger partial charge < -0.3 is 24.1 Å². The predicted molar refractivity (Wildman–Crippen MR) is 135 cm³/mol. The van der Waals surface area contributed by atoms with Gasteiger partial charge in [0.05, 0.1) is 25.5 Å². The van der Waals surface area contributed by atoms with Crippen molar-refractivity contribution in [1.29, 1.82) is 0 Å². The van der Waals surface area contributed by atoms with Crippen molar-refractivity contribution in [2.45, 2.75) is 43.9 Å². The minimum atomic E-state index is -0.401. The molecular formula is C24H28N4O5S2. The number of hydrogen-bond acceptors (Lipinski definition) is 9. The molecule has 1 aliphatic carbocycles. The van der Waals surface area contributed by atoms with E-state index in [0.29, 0.717) is 27.3 Å². The molecule has 11 heteroatoms. The Labute approximate surface area is 212 Å². The van der Waals surface area contributed by atoms with Gasteiger partial charge in [0.25, 0.3) is 0 Å². The van der Waals surface area contributed by atoms with Crippen LogP contribution >= 0.6 is 23.1 Å². The number of benzene rings is 1. The Morgan fingerprint density at radius 2 is 1.83 bits per heavy atom. The SMILES string of the molecule is COC(=O)c1c(NC(=O)CSc2nnc(COc3ccc(OC)cc3)n2C)sc2c1CCCCC2. The second-order valence-electron chi connectivity index (χ2n) is 8.02. The molecule has 0 fully saturated rings. The lowest BCUT2D eigenvalue weighted by Crippen LogP contribution is -2.16. The van der Waals surface area contributed by atoms with E-state index in [-0.39, 0.29) is 18.3 Å². The third kappa shape index (κ3) is 5.96. The van der Waals surface area contributed by atoms with E-state index in [1.165, 1.54) is 35.1 Å². The predicted octanol–water partition coefficient (Wildman–Crippen LogP) is 4.25. The lowest BCUT2D eigenvalue weighted by Gasteiger charge is -2.08. The topological polar surface area (TPSA) is 105 Å². The van der Waals surface area contributed by atoms with Gasteiger partial charge in [0, 0.05) is 11.9 Å². The molecule has 1 aliphatic rings. The quantitative estimate of drug-likeness (QED) is 0.256. The second-order valence-corrected chi connectivity index (χ2v) is 10.1. The third-order valence-electron chi connectivity index (χ3n) is 5.75. The Bertz CT molecular complexity index is 1190. The molecule has 0 aliphatic heterocycles. The summed E-state index contributed by atoms with van der Waals surface area (Å²) in [7, 11) is 4.81. The van der Waals surface area contributed by atoms with Gasteiger partial charge in [0.1, 0.15) is 23.1 Å². The van der Waals surface area contributed by atoms with E-state index in [4.69, 9.17) is 14.2 Å². The average Bonchev–Trinajstić information content (AvgIpc) is 3.30. The number of amides is 1. The van der Waals surface area contributed by atoms with Crippen molar-refractivity contribution < 1.29 is 23.8 Å². The van der Waals surface area contributed by atoms with Crippen molar-refractivity contribution in [3.63, 3.8) is 0 Å². The standard InChI is InChI=1S/C24H28N4O5S2/c1-28-19(13-33-16-11-9-15(31-2)10-12-16)26-27-24(28)34-14-20(29)25-22-21(23(30)32-3)17-7-5-4-6-8-18(17)35-22/h9-12H,4-8,13-14H2,1-3H3,(H,25,29). The molecule has 4 rings (SSSR count). The fourth-order valence-corrected chi connectivity index (χ4v) is 5.88. The Balaban J connectivity index is 1.36. The molecule has 3 aromatic rings. The zero-order valence-corrected chi connectivity index (χ0v) is 21.6. The molecule has 0 bridgehead atoms. The number of nitrogens with zero attached hydrogens (tertiary/aromatic N) is 3. The van der Waals surface area contributed by atoms with Gasteiger partial charge in [0.2, 0.25) is 5.91 Å². The number of esters is 1. The lowest BCUT2D eigenvalue weighted by molar-refractivity contribution is -0.113. The summed E-state index contributed by atoms with van der Waals surface area (Å²) in [6.07, 6.45) is 5.03. The maximum absolute atomic E-state index is 12.7. The largest absolute Gasteiger partial charge is 0.497 e. The number of carbonyl (C=O) groups is 2. The summed E-state index contributed by atoms with van der Waals surface area (Å²) in [6, 6.07) is 7.29. The van der Waals surface area contributed by atoms with E-state index in [2.05, 4.69) is 15.5 Å². The fourth-order valence-electron chi connectivity index (χ4n) is 3.86. The van der Waals surface area contributed by atoms with E-state index in [1.54, 1.807) is 11.7 Å². The van der Waals surface area contributed by atoms with Crippen LogP contribution in [0.25, 0.3) is 0 Å². The van der Waals surface area contributed by atoms with Crippen LogP contribution in [0.5, 0.6) is 11.5 Å². The van der Waals surface area contributed by atoms with E-state index in [9.17, 15) is 9.59 Å². The summed E-state index contributed by atoms with van der Waals surface area (Å²) in [4.78, 5) is 26.4. The third-order valence-corrected chi connectivity index (χ3v) is 7.98. The number of thioether (sulfide) groups is 1. The van der Waals surface area contributed by atoms with Crippen LogP contribution in [0.1, 0.15) is 45.9 Å². The molecule has 2 heterocycles. The number of aromatic nitrogens is 3. The minimum Gasteiger partial charge on any atom is -0.497 e. The van der Waals surface area contributed by atoms with E-state index in [0.717, 1.165) is 43.4 Å². The van der Waals surface area contributed by atoms with E-state index >= 15 is 0 Å². The van der Waals surface area contributed by atoms with Crippen LogP contribution in [0.4, 0.5) is 5.00 Å². The fraction of sp³-hybridized carbons (Fsp3) is 0.417. The average molecular weight is 517 g/mol. The Morgan fingerprint density at radius 3 is 2.57 bits per heavy atom. The Hall–Kier alpha value is -3.05. The molecule has 2 aromatic heterocycles. The van der Waals surface area contributed by atoms with Crippen LogP contribution in [0.3, 0.4) is 0 Å². The van der Waals surface area contributed by atoms with Crippen molar-refractivity contribution in [2.75, 3.05) is 25.3 Å². The summed E-state index contributed by atoms with van der Waals surface area (Å²) < 4.78 is 17.7. The highest BCUT2D eigenvalue weighted by molar-refractivity contribution is 7.99. The number of rotatable bonds is 9. The van der Waals surface area contributed by atoms with Crippen LogP contribution in [0.2, 0.25) is 0 Å². The number of carbonyl (C=O) groups excluding carboxylic acids is 2. The monoisotopic (exact) mass is 516 g/mol. The van der Waals surface area contributed by atoms with Crippen LogP contribution in [0, 0.1) is 0 Å². The van der Waals surface area contributed by atoms with Crippen LogP contribution < -0.4 is 14.8 Å². The molecule has 35 heavy (non-hydrogen) atoms. The zero-order chi connectivity index (χ0) is 24.8. The first-order valence-electron chi connectivity index (χ1n) is 11.3. The maximum Gasteiger partial charge on any atom is 0.341 e. The minimum absolute atomic E-state index is 0.133. The number of nitrogens with one attached hydrogen (secondary N) is 1. The summed E-state index contributed by atoms with van der Waals surface area (Å²) in [5, 5.41) is 12.5. The van der Waals surface area contributed by atoms with Crippen molar-refractivity contribution in [3.8, 4) is 11.5 Å². The van der Waals surface area contributed by atoms with Crippen LogP contribution in [-0.4, -0.2) is 46.6 Å². The molecule has 0 saturated carbocycles. The highest BCUT2D eigenvalue weighted by atomic mass is 32.2. The molecule has 0 saturated heterocycles. The van der Waals surface area contributed by atoms with Crippen molar-refractivity contribution in [2.24, 2.45) is 7.05 Å². The summed E-state index contributed by atoms with van der Waals surface area (Å²) in [6.45, 7) is 0.242. The molecule has 0 unspecified atom stereocenters. The van der Waals surface area contributed by atoms with Gasteiger partial charge in [0.15, 0.2) is 11.0 Å². The van der Waals surface area contributed by atoms with E-state index in [1.807, 2.05) is 31.3 Å². The first kappa shape index (κ1) is 25.1. The number of aryl methyl sites for hydroxylation is 1. The molecule has 186 valence electrons. The van der Waals surface area contributed by atoms with Gasteiger partial charge in [-0.3, -0.25) is 4.79 Å². The number of hydrogen-bond donors (Lipinski definition) is 1. The molecular weight excluding hydrogens is 488 g/mol. The molecule has 0 atom stereocenters. The number of thiophene rings is 1. The first-order valence-corrected chi connectivity index (χ1v) is 13.1. The maximum atomic E-state index is 12.7. The highest BCUT2D eigenvalue weighted by Gasteiger charge is 2.26. The normalized spacial score (nSPS) is 13.0. The zero-order valence-electron chi connectivity index (χ0n) is 20.0. The van der Waals surface area contributed by atoms with Crippen LogP contribution in [0.15, 0.2) is 29.4 Å². The van der Waals surface area contributed by atoms with Gasteiger partial charge in [-0.2, -0.15) is 0 Å². The molecule has 1 N–H and O–H groups in total. The van der Waals surface area contributed by atoms with Crippen LogP contribution in [-0.2, 0) is 36.0 Å². The molecule has 0 radical (unpaired) electrons. The number of ether oxygens (including phenoxy) is 3. The summed E-state index contributed by atoms with van der Waals surface area (Å²) >= 11 is 2.76. The number of methoxy groups -OCH3 is 2. The lowest BCUT2D eigenvalue weighted by atomic mass is 10.1. The summed E-state index contributed by atoms with van der Waals surface area (Å²) in [5.74, 6) is 1.61. The number of fused-ring (bicyclic) bond motifs is 1. The smallest absolute Gasteiger partial charge is 0.341 e. The Morgan fingerprint density at radius 1 is 1.09 bits per heavy atom. The van der Waals surface area contributed by atoms with Gasteiger partial charge in [-0.1, -0.05) is 18.2 Å². The van der Waals surface area contributed by atoms with E-state index < -0.39 is 5.97 Å². The van der Waals surface area contributed by atoms with Crippen molar-refractivity contribution in [1.82, 2.24) is 14.8 Å². The molecule has 1 aromatic carbocycles. The van der Waals surface area contributed by atoms with Crippen molar-refractivity contribution in [3.05, 3.63) is 46.1 Å². The van der Waals surface area contributed by atoms with Gasteiger partial charge >= 0.3 is 5.97 Å². The first-order chi connectivity index (χ1) is 17.0. The second kappa shape index (κ2) is 11.6. The molecule has 0 spiro atoms. The molecule has 1 amide bonds. The van der Waals surface area contributed by atoms with Gasteiger partial charge in [-0.15, -0.1) is 21.5 Å². The Kier molecular flexibility index (Phi) is 8.29. The molecule has 9 nitrogen and oxygen atoms in total. The van der Waals surface area contributed by atoms with Crippen molar-refractivity contribution >= 4 is 40.0 Å². The highest BCUT2D eigenvalue weighted by Crippen LogP contribution is 2.38.